The lowest BCUT2D eigenvalue weighted by atomic mass is 9.97. The van der Waals surface area contributed by atoms with Crippen LogP contribution in [0.15, 0.2) is 15.6 Å². The number of methoxy groups -OCH3 is 1. The summed E-state index contributed by atoms with van der Waals surface area (Å²) in [5.74, 6) is 2.71. The summed E-state index contributed by atoms with van der Waals surface area (Å²) in [5.41, 5.74) is 0.980. The van der Waals surface area contributed by atoms with Gasteiger partial charge in [-0.3, -0.25) is 0 Å². The number of nitrogens with zero attached hydrogens (tertiary/aromatic N) is 3. The van der Waals surface area contributed by atoms with E-state index in [2.05, 4.69) is 46.5 Å². The van der Waals surface area contributed by atoms with Crippen LogP contribution in [0, 0.1) is 5.92 Å². The molecule has 0 aliphatic carbocycles. The lowest BCUT2D eigenvalue weighted by molar-refractivity contribution is 0.121. The van der Waals surface area contributed by atoms with Crippen LogP contribution in [0.2, 0.25) is 0 Å². The Bertz CT molecular complexity index is 536. The van der Waals surface area contributed by atoms with Crippen molar-refractivity contribution in [2.24, 2.45) is 10.9 Å². The predicted octanol–water partition coefficient (Wildman–Crippen LogP) is 2.21. The van der Waals surface area contributed by atoms with Gasteiger partial charge in [0, 0.05) is 32.8 Å². The standard InChI is InChI=1S/C19H35N5O2/c1-5-20-19(22-14-17-12-18(15(2)3)23-26-17)21-13-16-6-8-24(9-7-16)10-11-25-4/h12,15-16H,5-11,13-14H2,1-4H3,(H2,20,21,22). The maximum atomic E-state index is 5.36. The van der Waals surface area contributed by atoms with E-state index in [9.17, 15) is 0 Å². The maximum absolute atomic E-state index is 5.36. The first-order valence-corrected chi connectivity index (χ1v) is 9.81. The van der Waals surface area contributed by atoms with E-state index in [0.717, 1.165) is 56.7 Å². The Kier molecular flexibility index (Phi) is 8.91. The highest BCUT2D eigenvalue weighted by atomic mass is 16.5. The third-order valence-electron chi connectivity index (χ3n) is 4.78. The molecule has 0 bridgehead atoms. The van der Waals surface area contributed by atoms with Crippen molar-refractivity contribution in [1.29, 1.82) is 0 Å². The molecule has 0 unspecified atom stereocenters. The highest BCUT2D eigenvalue weighted by molar-refractivity contribution is 5.79. The van der Waals surface area contributed by atoms with Gasteiger partial charge in [0.25, 0.3) is 0 Å². The fraction of sp³-hybridized carbons (Fsp3) is 0.789. The Morgan fingerprint density at radius 1 is 1.38 bits per heavy atom. The summed E-state index contributed by atoms with van der Waals surface area (Å²) in [6.07, 6.45) is 2.44. The second kappa shape index (κ2) is 11.2. The fourth-order valence-electron chi connectivity index (χ4n) is 3.05. The van der Waals surface area contributed by atoms with Crippen molar-refractivity contribution in [3.05, 3.63) is 17.5 Å². The van der Waals surface area contributed by atoms with Gasteiger partial charge in [0.05, 0.1) is 12.3 Å². The first kappa shape index (κ1) is 20.7. The number of rotatable bonds is 9. The van der Waals surface area contributed by atoms with Crippen LogP contribution in [-0.4, -0.2) is 62.5 Å². The van der Waals surface area contributed by atoms with Gasteiger partial charge < -0.3 is 24.8 Å². The van der Waals surface area contributed by atoms with Gasteiger partial charge >= 0.3 is 0 Å². The molecule has 0 spiro atoms. The number of hydrogen-bond acceptors (Lipinski definition) is 5. The van der Waals surface area contributed by atoms with E-state index in [1.165, 1.54) is 12.8 Å². The molecule has 1 aromatic rings. The Morgan fingerprint density at radius 3 is 2.77 bits per heavy atom. The number of nitrogens with one attached hydrogen (secondary N) is 2. The topological polar surface area (TPSA) is 74.9 Å². The van der Waals surface area contributed by atoms with Crippen LogP contribution < -0.4 is 10.6 Å². The molecular weight excluding hydrogens is 330 g/mol. The fourth-order valence-corrected chi connectivity index (χ4v) is 3.05. The molecular formula is C19H35N5O2. The van der Waals surface area contributed by atoms with Crippen LogP contribution >= 0.6 is 0 Å². The Labute approximate surface area is 157 Å². The summed E-state index contributed by atoms with van der Waals surface area (Å²) < 4.78 is 10.5. The maximum Gasteiger partial charge on any atom is 0.191 e. The van der Waals surface area contributed by atoms with Gasteiger partial charge in [-0.2, -0.15) is 0 Å². The van der Waals surface area contributed by atoms with Crippen molar-refractivity contribution in [3.8, 4) is 0 Å². The summed E-state index contributed by atoms with van der Waals surface area (Å²) in [6.45, 7) is 12.8. The van der Waals surface area contributed by atoms with Gasteiger partial charge in [0.1, 0.15) is 6.54 Å². The number of piperidine rings is 1. The second-order valence-electron chi connectivity index (χ2n) is 7.23. The summed E-state index contributed by atoms with van der Waals surface area (Å²) in [4.78, 5) is 7.11. The highest BCUT2D eigenvalue weighted by Gasteiger charge is 2.19. The summed E-state index contributed by atoms with van der Waals surface area (Å²) in [6, 6.07) is 1.99. The Hall–Kier alpha value is -1.60. The van der Waals surface area contributed by atoms with E-state index < -0.39 is 0 Å². The van der Waals surface area contributed by atoms with E-state index in [-0.39, 0.29) is 0 Å². The lowest BCUT2D eigenvalue weighted by Gasteiger charge is -2.32. The van der Waals surface area contributed by atoms with Crippen LogP contribution in [-0.2, 0) is 11.3 Å². The third-order valence-corrected chi connectivity index (χ3v) is 4.78. The van der Waals surface area contributed by atoms with E-state index >= 15 is 0 Å². The average molecular weight is 366 g/mol. The molecule has 1 saturated heterocycles. The van der Waals surface area contributed by atoms with Crippen LogP contribution in [0.3, 0.4) is 0 Å². The molecule has 7 heteroatoms. The largest absolute Gasteiger partial charge is 0.383 e. The molecule has 2 rings (SSSR count). The van der Waals surface area contributed by atoms with Crippen molar-refractivity contribution in [2.45, 2.75) is 46.1 Å². The average Bonchev–Trinajstić information content (AvgIpc) is 3.12. The van der Waals surface area contributed by atoms with Crippen LogP contribution in [0.25, 0.3) is 0 Å². The zero-order valence-corrected chi connectivity index (χ0v) is 16.8. The summed E-state index contributed by atoms with van der Waals surface area (Å²) >= 11 is 0. The van der Waals surface area contributed by atoms with Crippen molar-refractivity contribution >= 4 is 5.96 Å². The molecule has 0 radical (unpaired) electrons. The highest BCUT2D eigenvalue weighted by Crippen LogP contribution is 2.16. The summed E-state index contributed by atoms with van der Waals surface area (Å²) in [7, 11) is 1.76. The number of ether oxygens (including phenoxy) is 1. The molecule has 0 amide bonds. The number of aromatic nitrogens is 1. The van der Waals surface area contributed by atoms with E-state index in [1.807, 2.05) is 6.07 Å². The smallest absolute Gasteiger partial charge is 0.191 e. The van der Waals surface area contributed by atoms with Gasteiger partial charge in [-0.1, -0.05) is 19.0 Å². The second-order valence-corrected chi connectivity index (χ2v) is 7.23. The molecule has 26 heavy (non-hydrogen) atoms. The zero-order chi connectivity index (χ0) is 18.8. The number of guanidine groups is 1. The number of hydrogen-bond donors (Lipinski definition) is 2. The molecule has 1 aromatic heterocycles. The van der Waals surface area contributed by atoms with E-state index in [1.54, 1.807) is 7.11 Å². The molecule has 2 N–H and O–H groups in total. The molecule has 1 aliphatic heterocycles. The van der Waals surface area contributed by atoms with Crippen LogP contribution in [0.1, 0.15) is 51.0 Å². The minimum absolute atomic E-state index is 0.373. The third kappa shape index (κ3) is 6.96. The van der Waals surface area contributed by atoms with E-state index in [4.69, 9.17) is 9.26 Å². The van der Waals surface area contributed by atoms with Gasteiger partial charge in [0.15, 0.2) is 11.7 Å². The van der Waals surface area contributed by atoms with Crippen molar-refractivity contribution < 1.29 is 9.26 Å². The first-order valence-electron chi connectivity index (χ1n) is 9.81. The van der Waals surface area contributed by atoms with Crippen LogP contribution in [0.5, 0.6) is 0 Å². The van der Waals surface area contributed by atoms with Gasteiger partial charge in [-0.15, -0.1) is 0 Å². The normalized spacial score (nSPS) is 17.0. The van der Waals surface area contributed by atoms with Crippen LogP contribution in [0.4, 0.5) is 0 Å². The van der Waals surface area contributed by atoms with Crippen molar-refractivity contribution in [3.63, 3.8) is 0 Å². The number of aliphatic imine (C=N–C) groups is 1. The predicted molar refractivity (Wildman–Crippen MR) is 104 cm³/mol. The van der Waals surface area contributed by atoms with Crippen molar-refractivity contribution in [1.82, 2.24) is 20.7 Å². The molecule has 7 nitrogen and oxygen atoms in total. The lowest BCUT2D eigenvalue weighted by Crippen LogP contribution is -2.43. The molecule has 0 saturated carbocycles. The SMILES string of the molecule is CCNC(=NCc1cc(C(C)C)no1)NCC1CCN(CCOC)CC1. The molecule has 0 aromatic carbocycles. The Balaban J connectivity index is 1.76. The molecule has 1 fully saturated rings. The molecule has 148 valence electrons. The van der Waals surface area contributed by atoms with Gasteiger partial charge in [-0.05, 0) is 44.7 Å². The van der Waals surface area contributed by atoms with Gasteiger partial charge in [0.2, 0.25) is 0 Å². The van der Waals surface area contributed by atoms with Gasteiger partial charge in [-0.25, -0.2) is 4.99 Å². The number of likely N-dealkylation sites (tertiary alicyclic amines) is 1. The zero-order valence-electron chi connectivity index (χ0n) is 16.8. The first-order chi connectivity index (χ1) is 12.6. The minimum atomic E-state index is 0.373. The summed E-state index contributed by atoms with van der Waals surface area (Å²) in [5, 5.41) is 10.9. The quantitative estimate of drug-likeness (QED) is 0.516. The Morgan fingerprint density at radius 2 is 2.15 bits per heavy atom. The minimum Gasteiger partial charge on any atom is -0.383 e. The van der Waals surface area contributed by atoms with Crippen molar-refractivity contribution in [2.75, 3.05) is 46.4 Å². The molecule has 1 aliphatic rings. The van der Waals surface area contributed by atoms with E-state index in [0.29, 0.717) is 18.4 Å². The monoisotopic (exact) mass is 365 g/mol. The molecule has 2 heterocycles. The molecule has 0 atom stereocenters.